The van der Waals surface area contributed by atoms with Crippen LogP contribution in [-0.4, -0.2) is 68.5 Å². The van der Waals surface area contributed by atoms with E-state index in [1.54, 1.807) is 17.1 Å². The maximum atomic E-state index is 13.1. The molecular weight excluding hydrogens is 538 g/mol. The van der Waals surface area contributed by atoms with Gasteiger partial charge in [0.1, 0.15) is 43.2 Å². The Hall–Kier alpha value is -3.56. The van der Waals surface area contributed by atoms with Crippen LogP contribution < -0.4 is 20.6 Å². The van der Waals surface area contributed by atoms with E-state index in [4.69, 9.17) is 10.6 Å². The van der Waals surface area contributed by atoms with Crippen LogP contribution >= 0.6 is 34.9 Å². The average molecular weight is 560 g/mol. The second kappa shape index (κ2) is 10.1. The number of hydrogen-bond donors (Lipinski definition) is 2. The van der Waals surface area contributed by atoms with Crippen LogP contribution in [-0.2, 0) is 25.8 Å². The Bertz CT molecular complexity index is 1480. The number of aromatic nitrogens is 3. The van der Waals surface area contributed by atoms with Crippen LogP contribution in [0.3, 0.4) is 0 Å². The number of carbonyl (C=O) groups excluding carboxylic acids is 3. The van der Waals surface area contributed by atoms with Gasteiger partial charge in [-0.15, -0.1) is 23.1 Å². The number of aliphatic carboxylic acids is 1. The molecule has 3 aromatic rings. The van der Waals surface area contributed by atoms with E-state index < -0.39 is 29.2 Å². The lowest BCUT2D eigenvalue weighted by Gasteiger charge is -2.50. The summed E-state index contributed by atoms with van der Waals surface area (Å²) >= 11 is 4.10. The Balaban J connectivity index is 1.38. The molecule has 37 heavy (non-hydrogen) atoms. The number of oxime groups is 1. The summed E-state index contributed by atoms with van der Waals surface area (Å²) in [6, 6.07) is 4.92. The lowest BCUT2D eigenvalue weighted by Crippen LogP contribution is -2.71. The molecule has 0 unspecified atom stereocenters. The summed E-state index contributed by atoms with van der Waals surface area (Å²) in [5.74, 6) is -2.32. The summed E-state index contributed by atoms with van der Waals surface area (Å²) in [6.45, 7) is 0.272. The van der Waals surface area contributed by atoms with E-state index in [9.17, 15) is 19.5 Å². The number of thioether (sulfide) groups is 2. The molecule has 2 aliphatic rings. The largest absolute Gasteiger partial charge is 0.543 e. The predicted molar refractivity (Wildman–Crippen MR) is 137 cm³/mol. The zero-order chi connectivity index (χ0) is 26.3. The van der Waals surface area contributed by atoms with E-state index >= 15 is 0 Å². The van der Waals surface area contributed by atoms with Crippen LogP contribution in [0.2, 0.25) is 0 Å². The van der Waals surface area contributed by atoms with Crippen molar-refractivity contribution in [3.8, 4) is 0 Å². The number of pyridine rings is 1. The van der Waals surface area contributed by atoms with Crippen LogP contribution in [0.4, 0.5) is 5.13 Å². The summed E-state index contributed by atoms with van der Waals surface area (Å²) in [4.78, 5) is 48.1. The van der Waals surface area contributed by atoms with Crippen molar-refractivity contribution in [1.29, 1.82) is 0 Å². The van der Waals surface area contributed by atoms with Gasteiger partial charge in [-0.2, -0.15) is 4.40 Å². The molecule has 2 amide bonds. The Kier molecular flexibility index (Phi) is 6.83. The number of carboxylic acids is 1. The maximum absolute atomic E-state index is 13.1. The molecule has 192 valence electrons. The van der Waals surface area contributed by atoms with Gasteiger partial charge in [-0.3, -0.25) is 14.5 Å². The van der Waals surface area contributed by atoms with Gasteiger partial charge in [0.15, 0.2) is 15.9 Å². The quantitative estimate of drug-likeness (QED) is 0.121. The molecule has 0 bridgehead atoms. The minimum absolute atomic E-state index is 0.138. The number of carboxylic acid groups (broad SMARTS) is 1. The smallest absolute Gasteiger partial charge is 0.287 e. The standard InChI is InChI=1S/C22H21N7O5S3/c1-34-26-15(12-10-37-22(23)24-12)18(30)25-16-19(31)29-17(21(32)33)11(9-36-20(16)29)8-27-6-7-28-13(27)4-3-5-14(28)35-2/h3-7,10,16,20H,8-9H2,1-2H3,(H3-,23,24,25,30,32,33)/b26-15-/t16-,20-/m1/s1. The summed E-state index contributed by atoms with van der Waals surface area (Å²) < 4.78 is 3.94. The van der Waals surface area contributed by atoms with Gasteiger partial charge in [0.05, 0.1) is 11.7 Å². The number of hydrogen-bond acceptors (Lipinski definition) is 11. The Labute approximate surface area is 223 Å². The molecule has 3 N–H and O–H groups in total. The summed E-state index contributed by atoms with van der Waals surface area (Å²) in [7, 11) is 1.28. The minimum atomic E-state index is -1.44. The number of amides is 2. The number of imidazole rings is 1. The summed E-state index contributed by atoms with van der Waals surface area (Å²) in [5, 5.41) is 20.8. The molecule has 12 nitrogen and oxygen atoms in total. The van der Waals surface area contributed by atoms with Crippen molar-refractivity contribution in [3.05, 3.63) is 52.9 Å². The van der Waals surface area contributed by atoms with E-state index in [0.29, 0.717) is 11.3 Å². The molecule has 15 heteroatoms. The number of anilines is 1. The van der Waals surface area contributed by atoms with Crippen molar-refractivity contribution in [3.63, 3.8) is 0 Å². The molecule has 3 aromatic heterocycles. The van der Waals surface area contributed by atoms with E-state index in [-0.39, 0.29) is 28.8 Å². The highest BCUT2D eigenvalue weighted by Gasteiger charge is 2.53. The third kappa shape index (κ3) is 4.42. The molecule has 0 radical (unpaired) electrons. The van der Waals surface area contributed by atoms with Gasteiger partial charge in [0, 0.05) is 22.8 Å². The number of carbonyl (C=O) groups is 3. The van der Waals surface area contributed by atoms with Gasteiger partial charge in [0.25, 0.3) is 17.5 Å². The first-order valence-corrected chi connectivity index (χ1v) is 14.0. The molecular formula is C22H21N7O5S3. The van der Waals surface area contributed by atoms with Gasteiger partial charge < -0.3 is 25.8 Å². The first kappa shape index (κ1) is 25.1. The van der Waals surface area contributed by atoms with Crippen molar-refractivity contribution < 1.29 is 28.7 Å². The van der Waals surface area contributed by atoms with Gasteiger partial charge in [-0.1, -0.05) is 16.9 Å². The second-order valence-electron chi connectivity index (χ2n) is 8.02. The molecule has 0 aliphatic carbocycles. The molecule has 1 saturated heterocycles. The fourth-order valence-corrected chi connectivity index (χ4v) is 6.75. The van der Waals surface area contributed by atoms with E-state index in [2.05, 4.69) is 15.5 Å². The molecule has 0 aromatic carbocycles. The number of thiazole rings is 1. The highest BCUT2D eigenvalue weighted by Crippen LogP contribution is 2.40. The van der Waals surface area contributed by atoms with Crippen molar-refractivity contribution >= 4 is 69.1 Å². The van der Waals surface area contributed by atoms with Crippen LogP contribution in [0.25, 0.3) is 5.65 Å². The van der Waals surface area contributed by atoms with E-state index in [1.165, 1.54) is 23.8 Å². The predicted octanol–water partition coefficient (Wildman–Crippen LogP) is -0.558. The summed E-state index contributed by atoms with van der Waals surface area (Å²) in [5.41, 5.74) is 7.00. The normalized spacial score (nSPS) is 19.6. The highest BCUT2D eigenvalue weighted by molar-refractivity contribution is 8.00. The SMILES string of the molecule is CO/N=C(\C(=O)N[C@@H]1C(=O)N2C(C(=O)[O-])=C(Cn3cc[n+]4c(SC)cccc34)CS[C@H]12)c1csc(N)n1. The van der Waals surface area contributed by atoms with Gasteiger partial charge >= 0.3 is 0 Å². The second-order valence-corrected chi connectivity index (χ2v) is 10.8. The van der Waals surface area contributed by atoms with Crippen LogP contribution in [0.5, 0.6) is 0 Å². The van der Waals surface area contributed by atoms with Crippen molar-refractivity contribution in [2.24, 2.45) is 5.16 Å². The van der Waals surface area contributed by atoms with E-state index in [0.717, 1.165) is 22.0 Å². The van der Waals surface area contributed by atoms with Crippen LogP contribution in [0.15, 0.2) is 57.4 Å². The Morgan fingerprint density at radius 1 is 1.43 bits per heavy atom. The molecule has 5 rings (SSSR count). The van der Waals surface area contributed by atoms with E-state index in [1.807, 2.05) is 45.8 Å². The summed E-state index contributed by atoms with van der Waals surface area (Å²) in [6.07, 6.45) is 5.76. The van der Waals surface area contributed by atoms with Crippen molar-refractivity contribution in [2.75, 3.05) is 24.9 Å². The first-order chi connectivity index (χ1) is 17.8. The fourth-order valence-electron chi connectivity index (χ4n) is 4.30. The van der Waals surface area contributed by atoms with Crippen molar-refractivity contribution in [1.82, 2.24) is 19.8 Å². The molecule has 0 saturated carbocycles. The zero-order valence-corrected chi connectivity index (χ0v) is 22.1. The maximum Gasteiger partial charge on any atom is 0.287 e. The van der Waals surface area contributed by atoms with Gasteiger partial charge in [-0.05, 0) is 18.4 Å². The lowest BCUT2D eigenvalue weighted by atomic mass is 10.0. The van der Waals surface area contributed by atoms with Gasteiger partial charge in [-0.25, -0.2) is 9.55 Å². The number of rotatable bonds is 8. The molecule has 1 fully saturated rings. The van der Waals surface area contributed by atoms with Gasteiger partial charge in [0.2, 0.25) is 0 Å². The Morgan fingerprint density at radius 3 is 2.92 bits per heavy atom. The molecule has 2 atom stereocenters. The molecule has 5 heterocycles. The number of β-lactam (4-membered cyclic amide) rings is 1. The molecule has 0 spiro atoms. The average Bonchev–Trinajstić information content (AvgIpc) is 3.51. The number of nitrogens with one attached hydrogen (secondary N) is 1. The van der Waals surface area contributed by atoms with Crippen LogP contribution in [0, 0.1) is 0 Å². The number of nitrogen functional groups attached to an aromatic ring is 1. The number of fused-ring (bicyclic) bond motifs is 2. The van der Waals surface area contributed by atoms with Crippen molar-refractivity contribution in [2.45, 2.75) is 23.0 Å². The third-order valence-electron chi connectivity index (χ3n) is 5.92. The zero-order valence-electron chi connectivity index (χ0n) is 19.6. The molecule has 2 aliphatic heterocycles. The monoisotopic (exact) mass is 559 g/mol. The third-order valence-corrected chi connectivity index (χ3v) is 8.68. The topological polar surface area (TPSA) is 159 Å². The lowest BCUT2D eigenvalue weighted by molar-refractivity contribution is -0.554. The first-order valence-electron chi connectivity index (χ1n) is 10.9. The number of nitrogens with zero attached hydrogens (tertiary/aromatic N) is 5. The Morgan fingerprint density at radius 2 is 2.24 bits per heavy atom. The fraction of sp³-hybridized carbons (Fsp3) is 0.273. The number of nitrogens with two attached hydrogens (primary N) is 1. The van der Waals surface area contributed by atoms with Crippen LogP contribution in [0.1, 0.15) is 5.69 Å². The minimum Gasteiger partial charge on any atom is -0.543 e. The highest BCUT2D eigenvalue weighted by atomic mass is 32.2.